The van der Waals surface area contributed by atoms with Crippen molar-refractivity contribution < 1.29 is 19.4 Å². The van der Waals surface area contributed by atoms with Crippen LogP contribution in [0.1, 0.15) is 80.6 Å². The predicted octanol–water partition coefficient (Wildman–Crippen LogP) is 4.74. The fourth-order valence-corrected chi connectivity index (χ4v) is 6.18. The SMILES string of the molecule is CC(C)(C)OC(=O)N1Cc2ccccc2CC1[C@H](O)CN1CC(C)(C)c2cc(-c3ncnn3C3CC3)ccc2C1=O. The third-order valence-corrected chi connectivity index (χ3v) is 8.34. The summed E-state index contributed by atoms with van der Waals surface area (Å²) in [5, 5.41) is 16.0. The summed E-state index contributed by atoms with van der Waals surface area (Å²) in [5.74, 6) is 0.713. The molecule has 0 radical (unpaired) electrons. The molecule has 2 atom stereocenters. The van der Waals surface area contributed by atoms with Crippen LogP contribution in [0, 0.1) is 0 Å². The summed E-state index contributed by atoms with van der Waals surface area (Å²) < 4.78 is 7.70. The van der Waals surface area contributed by atoms with Crippen LogP contribution in [0.25, 0.3) is 11.4 Å². The maximum Gasteiger partial charge on any atom is 0.410 e. The van der Waals surface area contributed by atoms with Gasteiger partial charge in [0.2, 0.25) is 0 Å². The highest BCUT2D eigenvalue weighted by Crippen LogP contribution is 2.40. The molecule has 2 aliphatic heterocycles. The van der Waals surface area contributed by atoms with Crippen molar-refractivity contribution in [3.8, 4) is 11.4 Å². The molecule has 3 aliphatic rings. The summed E-state index contributed by atoms with van der Waals surface area (Å²) in [7, 11) is 0. The summed E-state index contributed by atoms with van der Waals surface area (Å²) in [6.45, 7) is 10.7. The molecule has 1 aliphatic carbocycles. The number of amides is 2. The Bertz CT molecular complexity index is 1490. The zero-order valence-corrected chi connectivity index (χ0v) is 24.5. The van der Waals surface area contributed by atoms with Crippen LogP contribution in [0.3, 0.4) is 0 Å². The molecular formula is C32H39N5O4. The Morgan fingerprint density at radius 3 is 2.59 bits per heavy atom. The van der Waals surface area contributed by atoms with Crippen LogP contribution in [-0.2, 0) is 23.1 Å². The Hall–Kier alpha value is -3.72. The molecule has 9 heteroatoms. The van der Waals surface area contributed by atoms with Crippen LogP contribution in [0.2, 0.25) is 0 Å². The number of benzene rings is 2. The number of hydrogen-bond acceptors (Lipinski definition) is 6. The van der Waals surface area contributed by atoms with E-state index >= 15 is 0 Å². The molecular weight excluding hydrogens is 518 g/mol. The number of aliphatic hydroxyl groups is 1. The maximum atomic E-state index is 13.8. The van der Waals surface area contributed by atoms with Gasteiger partial charge in [0.1, 0.15) is 11.9 Å². The van der Waals surface area contributed by atoms with Crippen molar-refractivity contribution in [2.24, 2.45) is 0 Å². The molecule has 3 aromatic rings. The van der Waals surface area contributed by atoms with Crippen molar-refractivity contribution in [1.82, 2.24) is 24.6 Å². The zero-order valence-electron chi connectivity index (χ0n) is 24.5. The third-order valence-electron chi connectivity index (χ3n) is 8.34. The molecule has 9 nitrogen and oxygen atoms in total. The van der Waals surface area contributed by atoms with Gasteiger partial charge in [0.25, 0.3) is 5.91 Å². The Labute approximate surface area is 241 Å². The van der Waals surface area contributed by atoms with Gasteiger partial charge in [-0.3, -0.25) is 9.69 Å². The topological polar surface area (TPSA) is 101 Å². The molecule has 3 heterocycles. The van der Waals surface area contributed by atoms with E-state index in [9.17, 15) is 14.7 Å². The van der Waals surface area contributed by atoms with Crippen LogP contribution in [0.15, 0.2) is 48.8 Å². The van der Waals surface area contributed by atoms with E-state index in [1.165, 1.54) is 0 Å². The lowest BCUT2D eigenvalue weighted by Gasteiger charge is -2.44. The van der Waals surface area contributed by atoms with Crippen molar-refractivity contribution in [2.75, 3.05) is 13.1 Å². The molecule has 41 heavy (non-hydrogen) atoms. The molecule has 216 valence electrons. The molecule has 1 saturated carbocycles. The van der Waals surface area contributed by atoms with Crippen LogP contribution in [0.4, 0.5) is 4.79 Å². The Kier molecular flexibility index (Phi) is 6.68. The van der Waals surface area contributed by atoms with Crippen LogP contribution in [0.5, 0.6) is 0 Å². The third kappa shape index (κ3) is 5.35. The smallest absolute Gasteiger partial charge is 0.410 e. The van der Waals surface area contributed by atoms with Crippen LogP contribution in [-0.4, -0.2) is 72.5 Å². The molecule has 1 fully saturated rings. The van der Waals surface area contributed by atoms with Gasteiger partial charge in [-0.05, 0) is 68.9 Å². The predicted molar refractivity (Wildman–Crippen MR) is 154 cm³/mol. The number of carbonyl (C=O) groups excluding carboxylic acids is 2. The minimum Gasteiger partial charge on any atom is -0.444 e. The van der Waals surface area contributed by atoms with Gasteiger partial charge in [-0.2, -0.15) is 5.10 Å². The Balaban J connectivity index is 1.25. The van der Waals surface area contributed by atoms with E-state index in [1.807, 2.05) is 61.9 Å². The molecule has 0 saturated heterocycles. The highest BCUT2D eigenvalue weighted by atomic mass is 16.6. The fraction of sp³-hybridized carbons (Fsp3) is 0.500. The lowest BCUT2D eigenvalue weighted by Crippen LogP contribution is -2.57. The van der Waals surface area contributed by atoms with E-state index in [1.54, 1.807) is 16.1 Å². The first kappa shape index (κ1) is 27.4. The molecule has 1 unspecified atom stereocenters. The van der Waals surface area contributed by atoms with Gasteiger partial charge in [-0.1, -0.05) is 44.2 Å². The van der Waals surface area contributed by atoms with Crippen molar-refractivity contribution in [3.63, 3.8) is 0 Å². The number of hydrogen-bond donors (Lipinski definition) is 1. The zero-order chi connectivity index (χ0) is 29.1. The van der Waals surface area contributed by atoms with Gasteiger partial charge in [-0.15, -0.1) is 0 Å². The molecule has 2 aromatic carbocycles. The molecule has 0 bridgehead atoms. The Morgan fingerprint density at radius 2 is 1.88 bits per heavy atom. The molecule has 1 aromatic heterocycles. The monoisotopic (exact) mass is 557 g/mol. The molecule has 0 spiro atoms. The number of ether oxygens (including phenoxy) is 1. The number of nitrogens with zero attached hydrogens (tertiary/aromatic N) is 5. The number of fused-ring (bicyclic) bond motifs is 2. The largest absolute Gasteiger partial charge is 0.444 e. The first-order valence-corrected chi connectivity index (χ1v) is 14.5. The first-order chi connectivity index (χ1) is 19.4. The second-order valence-corrected chi connectivity index (χ2v) is 13.3. The van der Waals surface area contributed by atoms with Crippen molar-refractivity contribution in [3.05, 3.63) is 71.0 Å². The van der Waals surface area contributed by atoms with E-state index in [0.29, 0.717) is 31.1 Å². The van der Waals surface area contributed by atoms with Crippen LogP contribution >= 0.6 is 0 Å². The van der Waals surface area contributed by atoms with E-state index in [0.717, 1.165) is 40.9 Å². The summed E-state index contributed by atoms with van der Waals surface area (Å²) in [4.78, 5) is 34.9. The molecule has 6 rings (SSSR count). The highest BCUT2D eigenvalue weighted by molar-refractivity contribution is 5.98. The van der Waals surface area contributed by atoms with Gasteiger partial charge < -0.3 is 14.7 Å². The first-order valence-electron chi connectivity index (χ1n) is 14.5. The maximum absolute atomic E-state index is 13.8. The van der Waals surface area contributed by atoms with E-state index < -0.39 is 23.8 Å². The average molecular weight is 558 g/mol. The standard InChI is InChI=1S/C32H39N5O4/c1-31(2,3)41-30(40)36-16-22-9-7-6-8-20(22)15-26(36)27(38)17-35-18-32(4,5)25-14-21(10-13-24(25)29(35)39)28-33-19-34-37(28)23-11-12-23/h6-10,13-14,19,23,26-27,38H,11-12,15-18H2,1-5H3/t26?,27-/m1/s1. The van der Waals surface area contributed by atoms with E-state index in [2.05, 4.69) is 30.0 Å². The van der Waals surface area contributed by atoms with Gasteiger partial charge in [0.05, 0.1) is 18.2 Å². The summed E-state index contributed by atoms with van der Waals surface area (Å²) in [5.41, 5.74) is 3.68. The fourth-order valence-electron chi connectivity index (χ4n) is 6.18. The van der Waals surface area contributed by atoms with Gasteiger partial charge >= 0.3 is 6.09 Å². The minimum absolute atomic E-state index is 0.117. The number of rotatable bonds is 5. The van der Waals surface area contributed by atoms with Crippen LogP contribution < -0.4 is 0 Å². The summed E-state index contributed by atoms with van der Waals surface area (Å²) in [6.07, 6.45) is 2.90. The number of aromatic nitrogens is 3. The second kappa shape index (κ2) is 9.98. The Morgan fingerprint density at radius 1 is 1.15 bits per heavy atom. The van der Waals surface area contributed by atoms with Crippen molar-refractivity contribution in [2.45, 2.75) is 89.6 Å². The number of β-amino-alcohol motifs (C(OH)–C–C–N with tert-alkyl or cyclic N) is 1. The summed E-state index contributed by atoms with van der Waals surface area (Å²) in [6, 6.07) is 13.7. The van der Waals surface area contributed by atoms with Gasteiger partial charge in [0.15, 0.2) is 5.82 Å². The van der Waals surface area contributed by atoms with E-state index in [4.69, 9.17) is 4.74 Å². The summed E-state index contributed by atoms with van der Waals surface area (Å²) >= 11 is 0. The van der Waals surface area contributed by atoms with E-state index in [-0.39, 0.29) is 17.9 Å². The van der Waals surface area contributed by atoms with Gasteiger partial charge in [-0.25, -0.2) is 14.5 Å². The van der Waals surface area contributed by atoms with Gasteiger partial charge in [0, 0.05) is 36.2 Å². The highest BCUT2D eigenvalue weighted by Gasteiger charge is 2.42. The normalized spacial score (nSPS) is 20.8. The van der Waals surface area contributed by atoms with Crippen molar-refractivity contribution >= 4 is 12.0 Å². The quantitative estimate of drug-likeness (QED) is 0.487. The average Bonchev–Trinajstić information content (AvgIpc) is 3.65. The second-order valence-electron chi connectivity index (χ2n) is 13.3. The number of aliphatic hydroxyl groups excluding tert-OH is 1. The number of carbonyl (C=O) groups is 2. The lowest BCUT2D eigenvalue weighted by atomic mass is 9.77. The molecule has 2 amide bonds. The lowest BCUT2D eigenvalue weighted by molar-refractivity contribution is -0.0193. The van der Waals surface area contributed by atoms with Crippen molar-refractivity contribution in [1.29, 1.82) is 0 Å². The minimum atomic E-state index is -0.950. The molecule has 1 N–H and O–H groups in total.